The first-order valence-corrected chi connectivity index (χ1v) is 10.6. The highest BCUT2D eigenvalue weighted by atomic mass is 16.7. The molecule has 16 heteroatoms. The average Bonchev–Trinajstić information content (AvgIpc) is 2.83. The van der Waals surface area contributed by atoms with Crippen molar-refractivity contribution in [2.24, 2.45) is 0 Å². The molecule has 15 atom stereocenters. The molecule has 3 saturated heterocycles. The van der Waals surface area contributed by atoms with Crippen LogP contribution >= 0.6 is 0 Å². The Morgan fingerprint density at radius 3 is 1.50 bits per heavy atom. The van der Waals surface area contributed by atoms with Gasteiger partial charge in [-0.05, 0) is 0 Å². The molecule has 3 heterocycles. The largest absolute Gasteiger partial charge is 0.394 e. The Morgan fingerprint density at radius 1 is 0.441 bits per heavy atom. The number of ether oxygens (including phenoxy) is 5. The molecule has 0 aromatic heterocycles. The SMILES string of the molecule is OC[C@H]1O[C@H](O[C@@H]2[C@@H](O)[C@@H](O[C@H]3[C@H](O)[C@@H](O)C(O)O[C@@H]3CO)O[C@H](CO)[C@H]2O)[C@H](O)[C@@H](O)[C@@H]1O. The van der Waals surface area contributed by atoms with Crippen molar-refractivity contribution in [1.29, 1.82) is 0 Å². The zero-order valence-corrected chi connectivity index (χ0v) is 17.7. The van der Waals surface area contributed by atoms with Crippen molar-refractivity contribution in [2.75, 3.05) is 19.8 Å². The summed E-state index contributed by atoms with van der Waals surface area (Å²) in [6.45, 7) is -2.34. The van der Waals surface area contributed by atoms with Crippen molar-refractivity contribution in [3.8, 4) is 0 Å². The van der Waals surface area contributed by atoms with Crippen LogP contribution in [0.1, 0.15) is 0 Å². The lowest BCUT2D eigenvalue weighted by atomic mass is 9.96. The van der Waals surface area contributed by atoms with E-state index in [2.05, 4.69) is 0 Å². The molecule has 0 bridgehead atoms. The van der Waals surface area contributed by atoms with E-state index < -0.39 is 112 Å². The maximum absolute atomic E-state index is 10.8. The van der Waals surface area contributed by atoms with Gasteiger partial charge in [0.25, 0.3) is 0 Å². The highest BCUT2D eigenvalue weighted by Crippen LogP contribution is 2.32. The third kappa shape index (κ3) is 5.37. The minimum atomic E-state index is -1.90. The van der Waals surface area contributed by atoms with Crippen LogP contribution in [-0.4, -0.2) is 168 Å². The van der Waals surface area contributed by atoms with Crippen molar-refractivity contribution in [3.05, 3.63) is 0 Å². The minimum Gasteiger partial charge on any atom is -0.394 e. The topological polar surface area (TPSA) is 269 Å². The number of rotatable bonds is 7. The molecule has 200 valence electrons. The molecule has 0 spiro atoms. The van der Waals surface area contributed by atoms with E-state index in [4.69, 9.17) is 23.7 Å². The van der Waals surface area contributed by atoms with Crippen LogP contribution in [-0.2, 0) is 23.7 Å². The van der Waals surface area contributed by atoms with E-state index in [9.17, 15) is 56.2 Å². The third-order valence-electron chi connectivity index (χ3n) is 6.09. The Morgan fingerprint density at radius 2 is 0.941 bits per heavy atom. The van der Waals surface area contributed by atoms with Gasteiger partial charge in [0.2, 0.25) is 0 Å². The van der Waals surface area contributed by atoms with E-state index in [0.29, 0.717) is 0 Å². The molecule has 0 aromatic carbocycles. The van der Waals surface area contributed by atoms with Gasteiger partial charge in [0.05, 0.1) is 19.8 Å². The Balaban J connectivity index is 1.78. The summed E-state index contributed by atoms with van der Waals surface area (Å²) in [6, 6.07) is 0. The Bertz CT molecular complexity index is 637. The smallest absolute Gasteiger partial charge is 0.187 e. The molecule has 34 heavy (non-hydrogen) atoms. The Labute approximate surface area is 192 Å². The summed E-state index contributed by atoms with van der Waals surface area (Å²) >= 11 is 0. The van der Waals surface area contributed by atoms with Crippen molar-refractivity contribution in [2.45, 2.75) is 92.1 Å². The lowest BCUT2D eigenvalue weighted by Gasteiger charge is -2.47. The highest BCUT2D eigenvalue weighted by molar-refractivity contribution is 4.96. The molecular weight excluding hydrogens is 472 g/mol. The van der Waals surface area contributed by atoms with E-state index in [1.807, 2.05) is 0 Å². The maximum atomic E-state index is 10.8. The lowest BCUT2D eigenvalue weighted by molar-refractivity contribution is -0.378. The standard InChI is InChI=1S/C18H32O16/c19-1-4-7(22)9(24)12(27)17(31-4)34-15-8(23)5(2-20)32-18(13(15)28)33-14-6(3-21)30-16(29)11(26)10(14)25/h4-29H,1-3H2/t4-,5-,6-,7-,8-,9+,10-,11-,12-,13-,14-,15+,16?,17-,18-/m1/s1. The Kier molecular flexibility index (Phi) is 9.54. The summed E-state index contributed by atoms with van der Waals surface area (Å²) in [6.07, 6.45) is -25.4. The van der Waals surface area contributed by atoms with Crippen molar-refractivity contribution >= 4 is 0 Å². The summed E-state index contributed by atoms with van der Waals surface area (Å²) in [5.74, 6) is 0. The summed E-state index contributed by atoms with van der Waals surface area (Å²) in [5.41, 5.74) is 0. The maximum Gasteiger partial charge on any atom is 0.187 e. The van der Waals surface area contributed by atoms with Gasteiger partial charge in [0.1, 0.15) is 73.2 Å². The predicted molar refractivity (Wildman–Crippen MR) is 101 cm³/mol. The lowest BCUT2D eigenvalue weighted by Crippen LogP contribution is -2.66. The van der Waals surface area contributed by atoms with Gasteiger partial charge in [-0.3, -0.25) is 0 Å². The van der Waals surface area contributed by atoms with Gasteiger partial charge in [-0.1, -0.05) is 0 Å². The first-order chi connectivity index (χ1) is 16.0. The quantitative estimate of drug-likeness (QED) is 0.154. The fraction of sp³-hybridized carbons (Fsp3) is 1.00. The summed E-state index contributed by atoms with van der Waals surface area (Å²) < 4.78 is 26.4. The van der Waals surface area contributed by atoms with Crippen LogP contribution < -0.4 is 0 Å². The summed E-state index contributed by atoms with van der Waals surface area (Å²) in [5, 5.41) is 109. The normalized spacial score (nSPS) is 52.5. The second-order valence-electron chi connectivity index (χ2n) is 8.33. The van der Waals surface area contributed by atoms with E-state index in [0.717, 1.165) is 0 Å². The molecular formula is C18H32O16. The predicted octanol–water partition coefficient (Wildman–Crippen LogP) is -7.57. The second-order valence-corrected chi connectivity index (χ2v) is 8.33. The average molecular weight is 504 g/mol. The summed E-state index contributed by atoms with van der Waals surface area (Å²) in [7, 11) is 0. The molecule has 0 aliphatic carbocycles. The summed E-state index contributed by atoms with van der Waals surface area (Å²) in [4.78, 5) is 0. The van der Waals surface area contributed by atoms with Crippen LogP contribution in [0.3, 0.4) is 0 Å². The number of aliphatic hydroxyl groups is 11. The van der Waals surface area contributed by atoms with Crippen molar-refractivity contribution in [3.63, 3.8) is 0 Å². The van der Waals surface area contributed by atoms with Crippen LogP contribution in [0.2, 0.25) is 0 Å². The molecule has 3 aliphatic heterocycles. The number of aliphatic hydroxyl groups excluding tert-OH is 11. The molecule has 3 aliphatic rings. The first kappa shape index (κ1) is 27.9. The van der Waals surface area contributed by atoms with Gasteiger partial charge < -0.3 is 79.9 Å². The molecule has 0 radical (unpaired) electrons. The number of hydrogen-bond acceptors (Lipinski definition) is 16. The highest BCUT2D eigenvalue weighted by Gasteiger charge is 2.53. The third-order valence-corrected chi connectivity index (χ3v) is 6.09. The van der Waals surface area contributed by atoms with Crippen LogP contribution in [0.25, 0.3) is 0 Å². The molecule has 3 fully saturated rings. The molecule has 0 saturated carbocycles. The fourth-order valence-corrected chi connectivity index (χ4v) is 4.05. The zero-order chi connectivity index (χ0) is 25.3. The molecule has 1 unspecified atom stereocenters. The molecule has 0 amide bonds. The van der Waals surface area contributed by atoms with Gasteiger partial charge in [-0.25, -0.2) is 0 Å². The van der Waals surface area contributed by atoms with Crippen LogP contribution in [0, 0.1) is 0 Å². The van der Waals surface area contributed by atoms with E-state index >= 15 is 0 Å². The van der Waals surface area contributed by atoms with Gasteiger partial charge in [-0.15, -0.1) is 0 Å². The van der Waals surface area contributed by atoms with Gasteiger partial charge in [-0.2, -0.15) is 0 Å². The van der Waals surface area contributed by atoms with Gasteiger partial charge >= 0.3 is 0 Å². The zero-order valence-electron chi connectivity index (χ0n) is 17.7. The number of hydrogen-bond donors (Lipinski definition) is 11. The fourth-order valence-electron chi connectivity index (χ4n) is 4.05. The van der Waals surface area contributed by atoms with Crippen LogP contribution in [0.15, 0.2) is 0 Å². The van der Waals surface area contributed by atoms with E-state index in [1.54, 1.807) is 0 Å². The van der Waals surface area contributed by atoms with Crippen LogP contribution in [0.5, 0.6) is 0 Å². The van der Waals surface area contributed by atoms with E-state index in [-0.39, 0.29) is 0 Å². The van der Waals surface area contributed by atoms with Crippen molar-refractivity contribution in [1.82, 2.24) is 0 Å². The first-order valence-electron chi connectivity index (χ1n) is 10.6. The van der Waals surface area contributed by atoms with Gasteiger partial charge in [0, 0.05) is 0 Å². The monoisotopic (exact) mass is 504 g/mol. The van der Waals surface area contributed by atoms with E-state index in [1.165, 1.54) is 0 Å². The van der Waals surface area contributed by atoms with Gasteiger partial charge in [0.15, 0.2) is 18.9 Å². The molecule has 3 rings (SSSR count). The Hall–Kier alpha value is -0.640. The molecule has 0 aromatic rings. The molecule has 11 N–H and O–H groups in total. The minimum absolute atomic E-state index is 0.759. The second kappa shape index (κ2) is 11.6. The van der Waals surface area contributed by atoms with Crippen molar-refractivity contribution < 1.29 is 79.9 Å². The molecule has 16 nitrogen and oxygen atoms in total. The van der Waals surface area contributed by atoms with Crippen LogP contribution in [0.4, 0.5) is 0 Å².